The van der Waals surface area contributed by atoms with Gasteiger partial charge in [-0.05, 0) is 16.6 Å². The molecule has 0 saturated heterocycles. The highest BCUT2D eigenvalue weighted by Gasteiger charge is 2.31. The smallest absolute Gasteiger partial charge is 0.423 e. The van der Waals surface area contributed by atoms with Crippen molar-refractivity contribution in [3.8, 4) is 0 Å². The van der Waals surface area contributed by atoms with Crippen LogP contribution in [0.1, 0.15) is 11.1 Å². The molecule has 1 aliphatic rings. The molecule has 0 bridgehead atoms. The Kier molecular flexibility index (Phi) is 2.43. The maximum atomic E-state index is 10.6. The van der Waals surface area contributed by atoms with E-state index in [2.05, 4.69) is 0 Å². The van der Waals surface area contributed by atoms with Crippen molar-refractivity contribution in [3.63, 3.8) is 0 Å². The van der Waals surface area contributed by atoms with Crippen LogP contribution >= 0.6 is 0 Å². The van der Waals surface area contributed by atoms with E-state index in [1.165, 1.54) is 12.1 Å². The molecule has 0 atom stereocenters. The van der Waals surface area contributed by atoms with Gasteiger partial charge in [-0.15, -0.1) is 0 Å². The molecule has 1 aromatic carbocycles. The van der Waals surface area contributed by atoms with Gasteiger partial charge in [-0.25, -0.2) is 0 Å². The first kappa shape index (κ1) is 10.1. The van der Waals surface area contributed by atoms with Crippen LogP contribution in [0, 0.1) is 10.1 Å². The molecular weight excluding hydrogens is 199 g/mol. The van der Waals surface area contributed by atoms with E-state index in [1.54, 1.807) is 0 Å². The number of nitrogens with zero attached hydrogens (tertiary/aromatic N) is 1. The molecule has 0 radical (unpaired) electrons. The maximum Gasteiger partial charge on any atom is 0.492 e. The number of nitro benzene ring substituents is 1. The van der Waals surface area contributed by atoms with Crippen molar-refractivity contribution in [3.05, 3.63) is 33.4 Å². The van der Waals surface area contributed by atoms with Crippen LogP contribution in [0.2, 0.25) is 0 Å². The molecule has 0 spiro atoms. The molecule has 3 N–H and O–H groups in total. The zero-order valence-electron chi connectivity index (χ0n) is 7.84. The average Bonchev–Trinajstić information content (AvgIpc) is 2.59. The van der Waals surface area contributed by atoms with Gasteiger partial charge in [0, 0.05) is 18.7 Å². The summed E-state index contributed by atoms with van der Waals surface area (Å²) >= 11 is 0. The number of hydrogen-bond donors (Lipinski definition) is 2. The Hall–Kier alpha value is -1.44. The lowest BCUT2D eigenvalue weighted by atomic mass is 9.78. The summed E-state index contributed by atoms with van der Waals surface area (Å²) in [5.41, 5.74) is 7.26. The Morgan fingerprint density at radius 1 is 1.67 bits per heavy atom. The molecule has 2 rings (SSSR count). The fraction of sp³-hybridized carbons (Fsp3) is 0.250. The van der Waals surface area contributed by atoms with Crippen molar-refractivity contribution >= 4 is 18.3 Å². The fourth-order valence-electron chi connectivity index (χ4n) is 1.68. The summed E-state index contributed by atoms with van der Waals surface area (Å²) in [5, 5.41) is 20.0. The Balaban J connectivity index is 2.58. The molecule has 1 aromatic rings. The lowest BCUT2D eigenvalue weighted by Crippen LogP contribution is -2.29. The number of nitrogens with two attached hydrogens (primary N) is 1. The number of hydrogen-bond acceptors (Lipinski definition) is 5. The Morgan fingerprint density at radius 3 is 3.00 bits per heavy atom. The molecule has 0 aromatic heterocycles. The van der Waals surface area contributed by atoms with Crippen molar-refractivity contribution in [2.75, 3.05) is 0 Å². The van der Waals surface area contributed by atoms with Crippen LogP contribution in [0.25, 0.3) is 0 Å². The zero-order chi connectivity index (χ0) is 11.0. The van der Waals surface area contributed by atoms with Crippen molar-refractivity contribution in [2.45, 2.75) is 13.2 Å². The summed E-state index contributed by atoms with van der Waals surface area (Å²) < 4.78 is 4.98. The zero-order valence-corrected chi connectivity index (χ0v) is 7.84. The van der Waals surface area contributed by atoms with Gasteiger partial charge in [-0.1, -0.05) is 0 Å². The molecule has 1 aliphatic heterocycles. The summed E-state index contributed by atoms with van der Waals surface area (Å²) in [6.07, 6.45) is 0. The van der Waals surface area contributed by atoms with Crippen LogP contribution in [-0.4, -0.2) is 17.1 Å². The van der Waals surface area contributed by atoms with E-state index in [9.17, 15) is 15.1 Å². The molecule has 7 heteroatoms. The van der Waals surface area contributed by atoms with E-state index < -0.39 is 12.0 Å². The van der Waals surface area contributed by atoms with Gasteiger partial charge < -0.3 is 15.4 Å². The third-order valence-corrected chi connectivity index (χ3v) is 2.44. The first-order valence-corrected chi connectivity index (χ1v) is 4.43. The first-order valence-electron chi connectivity index (χ1n) is 4.43. The largest absolute Gasteiger partial charge is 0.492 e. The van der Waals surface area contributed by atoms with Gasteiger partial charge in [-0.2, -0.15) is 0 Å². The van der Waals surface area contributed by atoms with Crippen molar-refractivity contribution < 1.29 is 14.6 Å². The SMILES string of the molecule is NCc1cc([N+](=O)[O-])cc2c1COB2O. The lowest BCUT2D eigenvalue weighted by molar-refractivity contribution is -0.384. The molecule has 78 valence electrons. The van der Waals surface area contributed by atoms with Gasteiger partial charge in [0.15, 0.2) is 0 Å². The van der Waals surface area contributed by atoms with E-state index in [1.807, 2.05) is 0 Å². The molecule has 0 unspecified atom stereocenters. The van der Waals surface area contributed by atoms with Crippen LogP contribution in [0.5, 0.6) is 0 Å². The highest BCUT2D eigenvalue weighted by molar-refractivity contribution is 6.61. The van der Waals surface area contributed by atoms with Crippen LogP contribution in [0.15, 0.2) is 12.1 Å². The van der Waals surface area contributed by atoms with Crippen LogP contribution in [-0.2, 0) is 17.8 Å². The number of non-ortho nitro benzene ring substituents is 1. The third kappa shape index (κ3) is 1.60. The number of benzene rings is 1. The predicted molar refractivity (Wildman–Crippen MR) is 53.4 cm³/mol. The molecule has 0 fully saturated rings. The molecule has 0 aliphatic carbocycles. The van der Waals surface area contributed by atoms with Gasteiger partial charge in [0.2, 0.25) is 0 Å². The Labute approximate surface area is 85.9 Å². The van der Waals surface area contributed by atoms with Gasteiger partial charge in [0.25, 0.3) is 5.69 Å². The van der Waals surface area contributed by atoms with Gasteiger partial charge in [0.05, 0.1) is 11.5 Å². The number of fused-ring (bicyclic) bond motifs is 1. The molecular formula is C8H9BN2O4. The lowest BCUT2D eigenvalue weighted by Gasteiger charge is -2.04. The molecule has 0 amide bonds. The number of nitro groups is 1. The van der Waals surface area contributed by atoms with Gasteiger partial charge in [0.1, 0.15) is 0 Å². The molecule has 15 heavy (non-hydrogen) atoms. The molecule has 0 saturated carbocycles. The van der Waals surface area contributed by atoms with Crippen LogP contribution < -0.4 is 11.2 Å². The second-order valence-corrected chi connectivity index (χ2v) is 3.30. The first-order chi connectivity index (χ1) is 7.13. The van der Waals surface area contributed by atoms with E-state index in [-0.39, 0.29) is 18.8 Å². The van der Waals surface area contributed by atoms with Gasteiger partial charge >= 0.3 is 7.12 Å². The highest BCUT2D eigenvalue weighted by atomic mass is 16.6. The van der Waals surface area contributed by atoms with E-state index in [0.717, 1.165) is 5.56 Å². The van der Waals surface area contributed by atoms with Crippen molar-refractivity contribution in [1.82, 2.24) is 0 Å². The van der Waals surface area contributed by atoms with E-state index in [0.29, 0.717) is 11.0 Å². The standard InChI is InChI=1S/C8H9BN2O4/c10-3-5-1-6(11(13)14)2-8-7(5)4-15-9(8)12/h1-2,12H,3-4,10H2. The van der Waals surface area contributed by atoms with Crippen LogP contribution in [0.3, 0.4) is 0 Å². The quantitative estimate of drug-likeness (QED) is 0.379. The fourth-order valence-corrected chi connectivity index (χ4v) is 1.68. The summed E-state index contributed by atoms with van der Waals surface area (Å²) in [7, 11) is -1.08. The minimum atomic E-state index is -1.08. The summed E-state index contributed by atoms with van der Waals surface area (Å²) in [6.45, 7) is 0.446. The second kappa shape index (κ2) is 3.61. The average molecular weight is 208 g/mol. The number of rotatable bonds is 2. The maximum absolute atomic E-state index is 10.6. The molecule has 1 heterocycles. The highest BCUT2D eigenvalue weighted by Crippen LogP contribution is 2.20. The minimum Gasteiger partial charge on any atom is -0.423 e. The Bertz CT molecular complexity index is 423. The van der Waals surface area contributed by atoms with Crippen LogP contribution in [0.4, 0.5) is 5.69 Å². The Morgan fingerprint density at radius 2 is 2.40 bits per heavy atom. The third-order valence-electron chi connectivity index (χ3n) is 2.44. The van der Waals surface area contributed by atoms with Crippen molar-refractivity contribution in [1.29, 1.82) is 0 Å². The molecule has 6 nitrogen and oxygen atoms in total. The van der Waals surface area contributed by atoms with E-state index >= 15 is 0 Å². The summed E-state index contributed by atoms with van der Waals surface area (Å²) in [5.74, 6) is 0. The normalized spacial score (nSPS) is 14.1. The minimum absolute atomic E-state index is 0.0706. The summed E-state index contributed by atoms with van der Waals surface area (Å²) in [6, 6.07) is 2.74. The van der Waals surface area contributed by atoms with Gasteiger partial charge in [-0.3, -0.25) is 10.1 Å². The van der Waals surface area contributed by atoms with E-state index in [4.69, 9.17) is 10.4 Å². The second-order valence-electron chi connectivity index (χ2n) is 3.30. The summed E-state index contributed by atoms with van der Waals surface area (Å²) in [4.78, 5) is 10.1. The monoisotopic (exact) mass is 208 g/mol. The topological polar surface area (TPSA) is 98.6 Å². The van der Waals surface area contributed by atoms with Crippen molar-refractivity contribution in [2.24, 2.45) is 5.73 Å². The predicted octanol–water partition coefficient (Wildman–Crippen LogP) is -0.729.